The second-order valence-electron chi connectivity index (χ2n) is 8.17. The summed E-state index contributed by atoms with van der Waals surface area (Å²) in [7, 11) is 1.45. The van der Waals surface area contributed by atoms with E-state index in [1.165, 1.54) is 25.3 Å². The van der Waals surface area contributed by atoms with Crippen LogP contribution >= 0.6 is 0 Å². The minimum Gasteiger partial charge on any atom is -0.507 e. The van der Waals surface area contributed by atoms with Crippen LogP contribution in [0.2, 0.25) is 0 Å². The monoisotopic (exact) mass is 497 g/mol. The molecule has 0 spiro atoms. The minimum absolute atomic E-state index is 0.0937. The van der Waals surface area contributed by atoms with Crippen molar-refractivity contribution in [2.75, 3.05) is 23.5 Å². The van der Waals surface area contributed by atoms with Crippen molar-refractivity contribution in [1.29, 1.82) is 0 Å². The molecule has 0 unspecified atom stereocenters. The van der Waals surface area contributed by atoms with Crippen LogP contribution in [0.5, 0.6) is 5.75 Å². The number of ether oxygens (including phenoxy) is 2. The number of phenolic OH excluding ortho intramolecular Hbond substituents is 1. The fraction of sp³-hybridized carbons (Fsp3) is 0.103. The molecular formula is C29H27N3O5. The molecule has 0 fully saturated rings. The molecule has 0 saturated heterocycles. The number of methoxy groups -OCH3 is 1. The number of carbonyl (C=O) groups excluding carboxylic acids is 2. The highest BCUT2D eigenvalue weighted by molar-refractivity contribution is 6.01. The standard InChI is InChI=1S/C29H27N3O5/c1-36-26(17-18-27(34)32-24-14-8-7-13-23(24)30)28(37-29(35)31-19-9-3-2-4-10-19)22-15-16-25(33)21-12-6-5-11-20(21)22/h2-18,26,28,33H,30H2,1H3,(H,31,35)(H,32,34)/b18-17+/t26-,28-/m0/s1. The van der Waals surface area contributed by atoms with Crippen molar-refractivity contribution < 1.29 is 24.2 Å². The Morgan fingerprint density at radius 1 is 0.865 bits per heavy atom. The SMILES string of the molecule is CO[C@@H](/C=C/C(=O)Nc1ccccc1N)[C@@H](OC(=O)Nc1ccccc1)c1ccc(O)c2ccccc12. The van der Waals surface area contributed by atoms with Crippen molar-refractivity contribution in [3.8, 4) is 5.75 Å². The van der Waals surface area contributed by atoms with Crippen LogP contribution in [0.4, 0.5) is 21.9 Å². The zero-order valence-electron chi connectivity index (χ0n) is 20.1. The molecule has 188 valence electrons. The second kappa shape index (κ2) is 11.7. The van der Waals surface area contributed by atoms with Gasteiger partial charge in [0.1, 0.15) is 11.9 Å². The fourth-order valence-electron chi connectivity index (χ4n) is 3.92. The first-order valence-corrected chi connectivity index (χ1v) is 11.6. The third-order valence-electron chi connectivity index (χ3n) is 5.72. The van der Waals surface area contributed by atoms with Gasteiger partial charge in [0.05, 0.1) is 11.4 Å². The van der Waals surface area contributed by atoms with Crippen molar-refractivity contribution in [3.05, 3.63) is 109 Å². The summed E-state index contributed by atoms with van der Waals surface area (Å²) in [5, 5.41) is 17.0. The van der Waals surface area contributed by atoms with Gasteiger partial charge in [0.15, 0.2) is 6.10 Å². The van der Waals surface area contributed by atoms with E-state index in [1.54, 1.807) is 66.7 Å². The largest absolute Gasteiger partial charge is 0.507 e. The first kappa shape index (κ1) is 25.3. The lowest BCUT2D eigenvalue weighted by Gasteiger charge is -2.26. The Kier molecular flexibility index (Phi) is 8.02. The van der Waals surface area contributed by atoms with Crippen LogP contribution in [-0.2, 0) is 14.3 Å². The van der Waals surface area contributed by atoms with Crippen molar-refractivity contribution >= 4 is 39.8 Å². The number of hydrogen-bond acceptors (Lipinski definition) is 6. The third kappa shape index (κ3) is 6.25. The molecule has 4 aromatic carbocycles. The molecule has 0 saturated carbocycles. The van der Waals surface area contributed by atoms with E-state index in [1.807, 2.05) is 18.2 Å². The predicted octanol–water partition coefficient (Wildman–Crippen LogP) is 5.63. The molecule has 0 aliphatic heterocycles. The van der Waals surface area contributed by atoms with Gasteiger partial charge >= 0.3 is 6.09 Å². The molecule has 0 aromatic heterocycles. The number of aromatic hydroxyl groups is 1. The molecule has 2 amide bonds. The number of nitrogens with two attached hydrogens (primary N) is 1. The average molecular weight is 498 g/mol. The number of amides is 2. The predicted molar refractivity (Wildman–Crippen MR) is 144 cm³/mol. The Morgan fingerprint density at radius 3 is 2.27 bits per heavy atom. The highest BCUT2D eigenvalue weighted by Gasteiger charge is 2.28. The Labute approximate surface area is 214 Å². The van der Waals surface area contributed by atoms with Crippen LogP contribution in [0.25, 0.3) is 10.8 Å². The number of anilines is 3. The first-order chi connectivity index (χ1) is 18.0. The molecule has 0 aliphatic carbocycles. The summed E-state index contributed by atoms with van der Waals surface area (Å²) in [6.45, 7) is 0. The Balaban J connectivity index is 1.64. The number of para-hydroxylation sites is 3. The van der Waals surface area contributed by atoms with Gasteiger partial charge in [0.2, 0.25) is 5.91 Å². The lowest BCUT2D eigenvalue weighted by atomic mass is 9.96. The first-order valence-electron chi connectivity index (χ1n) is 11.6. The summed E-state index contributed by atoms with van der Waals surface area (Å²) in [6.07, 6.45) is 0.314. The molecule has 4 aromatic rings. The lowest BCUT2D eigenvalue weighted by Crippen LogP contribution is -2.27. The van der Waals surface area contributed by atoms with Crippen LogP contribution in [-0.4, -0.2) is 30.3 Å². The van der Waals surface area contributed by atoms with Gasteiger partial charge in [-0.1, -0.05) is 60.7 Å². The number of rotatable bonds is 8. The maximum atomic E-state index is 12.9. The summed E-state index contributed by atoms with van der Waals surface area (Å²) >= 11 is 0. The maximum absolute atomic E-state index is 12.9. The van der Waals surface area contributed by atoms with Crippen molar-refractivity contribution in [3.63, 3.8) is 0 Å². The lowest BCUT2D eigenvalue weighted by molar-refractivity contribution is -0.112. The van der Waals surface area contributed by atoms with E-state index in [0.717, 1.165) is 0 Å². The normalized spacial score (nSPS) is 12.7. The number of nitrogen functional groups attached to an aromatic ring is 1. The van der Waals surface area contributed by atoms with Gasteiger partial charge in [0, 0.05) is 29.8 Å². The summed E-state index contributed by atoms with van der Waals surface area (Å²) in [5.74, 6) is -0.334. The fourth-order valence-corrected chi connectivity index (χ4v) is 3.92. The Bertz CT molecular complexity index is 1420. The molecule has 0 radical (unpaired) electrons. The molecule has 5 N–H and O–H groups in total. The molecule has 2 atom stereocenters. The van der Waals surface area contributed by atoms with Crippen LogP contribution in [0, 0.1) is 0 Å². The van der Waals surface area contributed by atoms with Crippen LogP contribution in [0.3, 0.4) is 0 Å². The van der Waals surface area contributed by atoms with Gasteiger partial charge in [-0.15, -0.1) is 0 Å². The van der Waals surface area contributed by atoms with E-state index < -0.39 is 24.2 Å². The van der Waals surface area contributed by atoms with Crippen molar-refractivity contribution in [2.45, 2.75) is 12.2 Å². The molecule has 0 aliphatic rings. The van der Waals surface area contributed by atoms with Crippen molar-refractivity contribution in [1.82, 2.24) is 0 Å². The van der Waals surface area contributed by atoms with E-state index in [4.69, 9.17) is 15.2 Å². The molecular weight excluding hydrogens is 470 g/mol. The third-order valence-corrected chi connectivity index (χ3v) is 5.72. The van der Waals surface area contributed by atoms with E-state index in [9.17, 15) is 14.7 Å². The number of phenols is 1. The van der Waals surface area contributed by atoms with Gasteiger partial charge < -0.3 is 25.6 Å². The zero-order chi connectivity index (χ0) is 26.2. The van der Waals surface area contributed by atoms with Gasteiger partial charge in [-0.3, -0.25) is 10.1 Å². The average Bonchev–Trinajstić information content (AvgIpc) is 2.91. The number of nitrogens with one attached hydrogen (secondary N) is 2. The molecule has 8 heteroatoms. The molecule has 8 nitrogen and oxygen atoms in total. The van der Waals surface area contributed by atoms with E-state index >= 15 is 0 Å². The summed E-state index contributed by atoms with van der Waals surface area (Å²) in [5.41, 5.74) is 7.98. The van der Waals surface area contributed by atoms with Gasteiger partial charge in [-0.05, 0) is 41.8 Å². The highest BCUT2D eigenvalue weighted by Crippen LogP contribution is 2.35. The van der Waals surface area contributed by atoms with E-state index in [2.05, 4.69) is 10.6 Å². The Morgan fingerprint density at radius 2 is 1.54 bits per heavy atom. The molecule has 0 bridgehead atoms. The zero-order valence-corrected chi connectivity index (χ0v) is 20.1. The van der Waals surface area contributed by atoms with Crippen LogP contribution in [0.1, 0.15) is 11.7 Å². The molecule has 4 rings (SSSR count). The van der Waals surface area contributed by atoms with Crippen LogP contribution < -0.4 is 16.4 Å². The van der Waals surface area contributed by atoms with E-state index in [0.29, 0.717) is 33.4 Å². The Hall–Kier alpha value is -4.82. The van der Waals surface area contributed by atoms with Crippen LogP contribution in [0.15, 0.2) is 103 Å². The van der Waals surface area contributed by atoms with E-state index in [-0.39, 0.29) is 5.75 Å². The van der Waals surface area contributed by atoms with Gasteiger partial charge in [0.25, 0.3) is 0 Å². The summed E-state index contributed by atoms with van der Waals surface area (Å²) < 4.78 is 11.5. The number of fused-ring (bicyclic) bond motifs is 1. The summed E-state index contributed by atoms with van der Waals surface area (Å²) in [6, 6.07) is 26.2. The topological polar surface area (TPSA) is 123 Å². The highest BCUT2D eigenvalue weighted by atomic mass is 16.6. The van der Waals surface area contributed by atoms with Gasteiger partial charge in [-0.2, -0.15) is 0 Å². The number of benzene rings is 4. The quantitative estimate of drug-likeness (QED) is 0.185. The van der Waals surface area contributed by atoms with Crippen molar-refractivity contribution in [2.24, 2.45) is 0 Å². The second-order valence-corrected chi connectivity index (χ2v) is 8.17. The molecule has 0 heterocycles. The minimum atomic E-state index is -0.954. The number of hydrogen-bond donors (Lipinski definition) is 4. The molecule has 37 heavy (non-hydrogen) atoms. The smallest absolute Gasteiger partial charge is 0.412 e. The van der Waals surface area contributed by atoms with Gasteiger partial charge in [-0.25, -0.2) is 4.79 Å². The number of carbonyl (C=O) groups is 2. The maximum Gasteiger partial charge on any atom is 0.412 e. The summed E-state index contributed by atoms with van der Waals surface area (Å²) in [4.78, 5) is 25.5.